The number of imidazole rings is 1. The number of halogens is 2. The third kappa shape index (κ3) is 2.17. The van der Waals surface area contributed by atoms with E-state index >= 15 is 0 Å². The van der Waals surface area contributed by atoms with Gasteiger partial charge in [-0.15, -0.1) is 0 Å². The molecule has 2 aromatic carbocycles. The summed E-state index contributed by atoms with van der Waals surface area (Å²) in [5.41, 5.74) is 3.42. The van der Waals surface area contributed by atoms with Crippen LogP contribution in [0.5, 0.6) is 0 Å². The molecular weight excluding hydrogens is 385 g/mol. The standard InChI is InChI=1S/C15H9ClIN3/c1-20-14-5-2-9(8-18)6-13(14)19-15(20)11-7-10(16)3-4-12(11)17/h2-7H,1H3. The van der Waals surface area contributed by atoms with Crippen LogP contribution in [0, 0.1) is 14.9 Å². The summed E-state index contributed by atoms with van der Waals surface area (Å²) in [6.07, 6.45) is 0. The molecule has 0 fully saturated rings. The molecule has 3 nitrogen and oxygen atoms in total. The Morgan fingerprint density at radius 3 is 2.80 bits per heavy atom. The van der Waals surface area contributed by atoms with E-state index in [0.717, 1.165) is 26.0 Å². The van der Waals surface area contributed by atoms with Crippen molar-refractivity contribution in [3.8, 4) is 17.5 Å². The summed E-state index contributed by atoms with van der Waals surface area (Å²) in [6, 6.07) is 13.4. The van der Waals surface area contributed by atoms with Crippen molar-refractivity contribution in [1.82, 2.24) is 9.55 Å². The first-order valence-electron chi connectivity index (χ1n) is 5.92. The van der Waals surface area contributed by atoms with Gasteiger partial charge in [-0.05, 0) is 59.0 Å². The first-order valence-corrected chi connectivity index (χ1v) is 7.38. The van der Waals surface area contributed by atoms with Crippen LogP contribution in [0.3, 0.4) is 0 Å². The van der Waals surface area contributed by atoms with E-state index in [-0.39, 0.29) is 0 Å². The molecule has 3 rings (SSSR count). The van der Waals surface area contributed by atoms with Gasteiger partial charge in [-0.3, -0.25) is 0 Å². The number of aryl methyl sites for hydroxylation is 1. The maximum absolute atomic E-state index is 8.97. The Morgan fingerprint density at radius 1 is 1.25 bits per heavy atom. The van der Waals surface area contributed by atoms with Crippen LogP contribution in [-0.2, 0) is 7.05 Å². The highest BCUT2D eigenvalue weighted by molar-refractivity contribution is 14.1. The topological polar surface area (TPSA) is 41.6 Å². The Hall–Kier alpha value is -1.58. The number of aromatic nitrogens is 2. The number of nitriles is 1. The summed E-state index contributed by atoms with van der Waals surface area (Å²) in [5.74, 6) is 0.849. The van der Waals surface area contributed by atoms with Crippen molar-refractivity contribution in [2.45, 2.75) is 0 Å². The average molecular weight is 394 g/mol. The van der Waals surface area contributed by atoms with E-state index in [2.05, 4.69) is 33.6 Å². The molecule has 0 atom stereocenters. The van der Waals surface area contributed by atoms with Crippen molar-refractivity contribution < 1.29 is 0 Å². The SMILES string of the molecule is Cn1c(-c2cc(Cl)ccc2I)nc2cc(C#N)ccc21. The smallest absolute Gasteiger partial charge is 0.141 e. The van der Waals surface area contributed by atoms with Gasteiger partial charge >= 0.3 is 0 Å². The fourth-order valence-electron chi connectivity index (χ4n) is 2.18. The number of fused-ring (bicyclic) bond motifs is 1. The van der Waals surface area contributed by atoms with E-state index in [1.165, 1.54) is 0 Å². The van der Waals surface area contributed by atoms with Crippen LogP contribution in [0.1, 0.15) is 5.56 Å². The molecule has 0 bridgehead atoms. The van der Waals surface area contributed by atoms with Gasteiger partial charge in [-0.1, -0.05) is 11.6 Å². The molecular formula is C15H9ClIN3. The van der Waals surface area contributed by atoms with Gasteiger partial charge in [0.2, 0.25) is 0 Å². The van der Waals surface area contributed by atoms with Crippen LogP contribution in [0.2, 0.25) is 5.02 Å². The Labute approximate surface area is 134 Å². The predicted molar refractivity (Wildman–Crippen MR) is 88.6 cm³/mol. The maximum atomic E-state index is 8.97. The molecule has 1 aromatic heterocycles. The lowest BCUT2D eigenvalue weighted by atomic mass is 10.2. The molecule has 0 aliphatic carbocycles. The fraction of sp³-hybridized carbons (Fsp3) is 0.0667. The zero-order valence-corrected chi connectivity index (χ0v) is 13.5. The van der Waals surface area contributed by atoms with Gasteiger partial charge in [-0.25, -0.2) is 4.98 Å². The predicted octanol–water partition coefficient (Wildman–Crippen LogP) is 4.37. The van der Waals surface area contributed by atoms with Gasteiger partial charge < -0.3 is 4.57 Å². The van der Waals surface area contributed by atoms with Gasteiger partial charge in [-0.2, -0.15) is 5.26 Å². The maximum Gasteiger partial charge on any atom is 0.141 e. The molecule has 0 amide bonds. The van der Waals surface area contributed by atoms with E-state index in [9.17, 15) is 0 Å². The minimum absolute atomic E-state index is 0.614. The molecule has 20 heavy (non-hydrogen) atoms. The molecule has 0 saturated heterocycles. The van der Waals surface area contributed by atoms with Crippen LogP contribution < -0.4 is 0 Å². The molecule has 1 heterocycles. The minimum Gasteiger partial charge on any atom is -0.327 e. The van der Waals surface area contributed by atoms with Crippen molar-refractivity contribution >= 4 is 45.2 Å². The molecule has 0 spiro atoms. The van der Waals surface area contributed by atoms with Crippen molar-refractivity contribution in [1.29, 1.82) is 5.26 Å². The lowest BCUT2D eigenvalue weighted by molar-refractivity contribution is 0.958. The molecule has 0 N–H and O–H groups in total. The molecule has 98 valence electrons. The molecule has 3 aromatic rings. The summed E-state index contributed by atoms with van der Waals surface area (Å²) >= 11 is 8.35. The highest BCUT2D eigenvalue weighted by Gasteiger charge is 2.13. The largest absolute Gasteiger partial charge is 0.327 e. The van der Waals surface area contributed by atoms with E-state index in [0.29, 0.717) is 10.6 Å². The second-order valence-electron chi connectivity index (χ2n) is 4.43. The van der Waals surface area contributed by atoms with Crippen molar-refractivity contribution in [3.63, 3.8) is 0 Å². The van der Waals surface area contributed by atoms with Crippen LogP contribution in [0.25, 0.3) is 22.4 Å². The summed E-state index contributed by atoms with van der Waals surface area (Å²) in [6.45, 7) is 0. The molecule has 0 unspecified atom stereocenters. The van der Waals surface area contributed by atoms with Crippen LogP contribution >= 0.6 is 34.2 Å². The van der Waals surface area contributed by atoms with Crippen LogP contribution in [0.15, 0.2) is 36.4 Å². The van der Waals surface area contributed by atoms with Gasteiger partial charge in [0.15, 0.2) is 0 Å². The molecule has 0 aliphatic heterocycles. The lowest BCUT2D eigenvalue weighted by Crippen LogP contribution is -1.94. The summed E-state index contributed by atoms with van der Waals surface area (Å²) in [5, 5.41) is 9.65. The summed E-state index contributed by atoms with van der Waals surface area (Å²) in [4.78, 5) is 4.64. The summed E-state index contributed by atoms with van der Waals surface area (Å²) < 4.78 is 3.11. The van der Waals surface area contributed by atoms with Crippen molar-refractivity contribution in [3.05, 3.63) is 50.6 Å². The molecule has 0 aliphatic rings. The molecule has 0 radical (unpaired) electrons. The minimum atomic E-state index is 0.614. The number of nitrogens with zero attached hydrogens (tertiary/aromatic N) is 3. The van der Waals surface area contributed by atoms with Gasteiger partial charge in [0.25, 0.3) is 0 Å². The van der Waals surface area contributed by atoms with E-state index < -0.39 is 0 Å². The lowest BCUT2D eigenvalue weighted by Gasteiger charge is -2.05. The van der Waals surface area contributed by atoms with Gasteiger partial charge in [0.1, 0.15) is 5.82 Å². The first-order chi connectivity index (χ1) is 9.60. The van der Waals surface area contributed by atoms with E-state index in [4.69, 9.17) is 16.9 Å². The quantitative estimate of drug-likeness (QED) is 0.576. The third-order valence-corrected chi connectivity index (χ3v) is 4.36. The second-order valence-corrected chi connectivity index (χ2v) is 6.03. The fourth-order valence-corrected chi connectivity index (χ4v) is 2.93. The van der Waals surface area contributed by atoms with E-state index in [1.807, 2.05) is 35.9 Å². The Morgan fingerprint density at radius 2 is 2.05 bits per heavy atom. The molecule has 5 heteroatoms. The summed E-state index contributed by atoms with van der Waals surface area (Å²) in [7, 11) is 1.97. The first kappa shape index (κ1) is 13.4. The Balaban J connectivity index is 2.29. The number of rotatable bonds is 1. The highest BCUT2D eigenvalue weighted by Crippen LogP contribution is 2.30. The zero-order valence-electron chi connectivity index (χ0n) is 10.6. The Bertz CT molecular complexity index is 861. The number of hydrogen-bond acceptors (Lipinski definition) is 2. The Kier molecular flexibility index (Phi) is 3.40. The number of hydrogen-bond donors (Lipinski definition) is 0. The zero-order chi connectivity index (χ0) is 14.3. The van der Waals surface area contributed by atoms with Crippen molar-refractivity contribution in [2.75, 3.05) is 0 Å². The second kappa shape index (κ2) is 5.08. The van der Waals surface area contributed by atoms with E-state index in [1.54, 1.807) is 12.1 Å². The third-order valence-electron chi connectivity index (χ3n) is 3.18. The van der Waals surface area contributed by atoms with Crippen molar-refractivity contribution in [2.24, 2.45) is 7.05 Å². The van der Waals surface area contributed by atoms with Gasteiger partial charge in [0.05, 0.1) is 22.7 Å². The monoisotopic (exact) mass is 393 g/mol. The van der Waals surface area contributed by atoms with Gasteiger partial charge in [0, 0.05) is 21.2 Å². The normalized spacial score (nSPS) is 10.7. The van der Waals surface area contributed by atoms with Crippen LogP contribution in [-0.4, -0.2) is 9.55 Å². The highest BCUT2D eigenvalue weighted by atomic mass is 127. The molecule has 0 saturated carbocycles. The van der Waals surface area contributed by atoms with Crippen LogP contribution in [0.4, 0.5) is 0 Å². The average Bonchev–Trinajstić information content (AvgIpc) is 2.78. The number of benzene rings is 2.